The molecule has 1 saturated heterocycles. The molecule has 1 amide bonds. The number of halogens is 1. The normalized spacial score (nSPS) is 19.8. The molecule has 0 spiro atoms. The number of hydrogen-bond donors (Lipinski definition) is 3. The first-order valence-corrected chi connectivity index (χ1v) is 8.57. The Morgan fingerprint density at radius 1 is 1.38 bits per heavy atom. The predicted molar refractivity (Wildman–Crippen MR) is 98.5 cm³/mol. The smallest absolute Gasteiger partial charge is 0.237 e. The van der Waals surface area contributed by atoms with Gasteiger partial charge in [0.25, 0.3) is 0 Å². The predicted octanol–water partition coefficient (Wildman–Crippen LogP) is 2.19. The van der Waals surface area contributed by atoms with Gasteiger partial charge in [-0.05, 0) is 31.4 Å². The standard InChI is InChI=1S/C17H21N3O2S.ClH/c1-10-16(23-11(2)20-10)13-5-3-12(4-6-13)8-19-17(22)15-7-14(21)9-18-15;/h3-6,14-15,18,21H,7-9H2,1-2H3,(H,19,22);1H. The molecule has 3 rings (SSSR count). The van der Waals surface area contributed by atoms with Crippen molar-refractivity contribution in [3.63, 3.8) is 0 Å². The third-order valence-corrected chi connectivity index (χ3v) is 5.13. The molecular weight excluding hydrogens is 346 g/mol. The number of thiazole rings is 1. The lowest BCUT2D eigenvalue weighted by Crippen LogP contribution is -2.39. The van der Waals surface area contributed by atoms with Crippen LogP contribution in [0.4, 0.5) is 0 Å². The van der Waals surface area contributed by atoms with Gasteiger partial charge >= 0.3 is 0 Å². The van der Waals surface area contributed by atoms with Gasteiger partial charge in [-0.1, -0.05) is 24.3 Å². The van der Waals surface area contributed by atoms with Crippen LogP contribution in [-0.4, -0.2) is 34.7 Å². The molecule has 1 aromatic heterocycles. The highest BCUT2D eigenvalue weighted by atomic mass is 35.5. The number of carbonyl (C=O) groups is 1. The van der Waals surface area contributed by atoms with Gasteiger partial charge in [0.1, 0.15) is 0 Å². The van der Waals surface area contributed by atoms with E-state index in [9.17, 15) is 9.90 Å². The molecule has 130 valence electrons. The number of nitrogens with zero attached hydrogens (tertiary/aromatic N) is 1. The minimum absolute atomic E-state index is 0. The number of benzene rings is 1. The lowest BCUT2D eigenvalue weighted by atomic mass is 10.1. The molecule has 1 aliphatic heterocycles. The molecule has 0 aliphatic carbocycles. The highest BCUT2D eigenvalue weighted by Gasteiger charge is 2.27. The van der Waals surface area contributed by atoms with Crippen LogP contribution in [0, 0.1) is 13.8 Å². The van der Waals surface area contributed by atoms with Crippen LogP contribution in [0.2, 0.25) is 0 Å². The number of carbonyl (C=O) groups excluding carboxylic acids is 1. The van der Waals surface area contributed by atoms with Crippen LogP contribution in [-0.2, 0) is 11.3 Å². The van der Waals surface area contributed by atoms with Crippen molar-refractivity contribution >= 4 is 29.7 Å². The van der Waals surface area contributed by atoms with Crippen molar-refractivity contribution in [3.8, 4) is 10.4 Å². The molecule has 1 fully saturated rings. The first-order chi connectivity index (χ1) is 11.0. The van der Waals surface area contributed by atoms with E-state index in [1.54, 1.807) is 11.3 Å². The van der Waals surface area contributed by atoms with Crippen LogP contribution in [0.1, 0.15) is 22.7 Å². The first-order valence-electron chi connectivity index (χ1n) is 7.75. The monoisotopic (exact) mass is 367 g/mol. The molecule has 0 radical (unpaired) electrons. The lowest BCUT2D eigenvalue weighted by Gasteiger charge is -2.11. The van der Waals surface area contributed by atoms with Crippen LogP contribution in [0.25, 0.3) is 10.4 Å². The maximum Gasteiger partial charge on any atom is 0.237 e. The summed E-state index contributed by atoms with van der Waals surface area (Å²) in [4.78, 5) is 17.7. The zero-order valence-electron chi connectivity index (χ0n) is 13.7. The van der Waals surface area contributed by atoms with E-state index in [1.165, 1.54) is 4.88 Å². The van der Waals surface area contributed by atoms with Gasteiger partial charge in [-0.2, -0.15) is 0 Å². The minimum Gasteiger partial charge on any atom is -0.392 e. The molecule has 2 aromatic rings. The van der Waals surface area contributed by atoms with Crippen molar-refractivity contribution in [2.45, 2.75) is 39.0 Å². The summed E-state index contributed by atoms with van der Waals surface area (Å²) in [6.07, 6.45) is 0.0607. The van der Waals surface area contributed by atoms with Gasteiger partial charge in [0.2, 0.25) is 5.91 Å². The number of aliphatic hydroxyl groups excluding tert-OH is 1. The van der Waals surface area contributed by atoms with E-state index in [2.05, 4.69) is 27.8 Å². The SMILES string of the molecule is Cc1nc(C)c(-c2ccc(CNC(=O)C3CC(O)CN3)cc2)s1.Cl. The van der Waals surface area contributed by atoms with Crippen molar-refractivity contribution in [2.24, 2.45) is 0 Å². The van der Waals surface area contributed by atoms with Crippen LogP contribution in [0.3, 0.4) is 0 Å². The third-order valence-electron chi connectivity index (χ3n) is 4.01. The summed E-state index contributed by atoms with van der Waals surface area (Å²) < 4.78 is 0. The second-order valence-corrected chi connectivity index (χ2v) is 7.12. The van der Waals surface area contributed by atoms with Crippen molar-refractivity contribution in [1.82, 2.24) is 15.6 Å². The molecule has 3 N–H and O–H groups in total. The van der Waals surface area contributed by atoms with Gasteiger partial charge in [-0.3, -0.25) is 4.79 Å². The van der Waals surface area contributed by atoms with Gasteiger partial charge in [0.05, 0.1) is 27.7 Å². The van der Waals surface area contributed by atoms with Crippen LogP contribution in [0.15, 0.2) is 24.3 Å². The summed E-state index contributed by atoms with van der Waals surface area (Å²) in [6, 6.07) is 7.91. The Hall–Kier alpha value is -1.47. The van der Waals surface area contributed by atoms with E-state index in [4.69, 9.17) is 0 Å². The van der Waals surface area contributed by atoms with E-state index in [0.29, 0.717) is 19.5 Å². The summed E-state index contributed by atoms with van der Waals surface area (Å²) in [5.74, 6) is -0.0560. The average molecular weight is 368 g/mol. The van der Waals surface area contributed by atoms with Crippen molar-refractivity contribution in [2.75, 3.05) is 6.54 Å². The maximum absolute atomic E-state index is 12.0. The Morgan fingerprint density at radius 3 is 2.62 bits per heavy atom. The van der Waals surface area contributed by atoms with E-state index in [1.807, 2.05) is 26.0 Å². The molecule has 24 heavy (non-hydrogen) atoms. The van der Waals surface area contributed by atoms with E-state index < -0.39 is 6.10 Å². The summed E-state index contributed by atoms with van der Waals surface area (Å²) in [5, 5.41) is 16.4. The number of aliphatic hydroxyl groups is 1. The number of β-amino-alcohol motifs (C(OH)–C–C–N with tert-alkyl or cyclic N) is 1. The largest absolute Gasteiger partial charge is 0.392 e. The second kappa shape index (κ2) is 8.07. The number of amides is 1. The molecular formula is C17H22ClN3O2S. The Kier molecular flexibility index (Phi) is 6.34. The quantitative estimate of drug-likeness (QED) is 0.774. The van der Waals surface area contributed by atoms with Gasteiger partial charge < -0.3 is 15.7 Å². The number of hydrogen-bond acceptors (Lipinski definition) is 5. The molecule has 1 aliphatic rings. The molecule has 1 aromatic carbocycles. The maximum atomic E-state index is 12.0. The highest BCUT2D eigenvalue weighted by molar-refractivity contribution is 7.15. The summed E-state index contributed by atoms with van der Waals surface area (Å²) in [6.45, 7) is 5.02. The fourth-order valence-corrected chi connectivity index (χ4v) is 3.73. The molecule has 2 unspecified atom stereocenters. The number of aromatic nitrogens is 1. The Balaban J connectivity index is 0.00000208. The molecule has 0 saturated carbocycles. The Labute approximate surface area is 151 Å². The van der Waals surface area contributed by atoms with Crippen molar-refractivity contribution < 1.29 is 9.90 Å². The number of nitrogens with one attached hydrogen (secondary N) is 2. The topological polar surface area (TPSA) is 74.2 Å². The van der Waals surface area contributed by atoms with Gasteiger partial charge in [-0.25, -0.2) is 4.98 Å². The zero-order chi connectivity index (χ0) is 16.4. The lowest BCUT2D eigenvalue weighted by molar-refractivity contribution is -0.123. The minimum atomic E-state index is -0.420. The van der Waals surface area contributed by atoms with Gasteiger partial charge in [-0.15, -0.1) is 23.7 Å². The van der Waals surface area contributed by atoms with Crippen molar-refractivity contribution in [3.05, 3.63) is 40.5 Å². The average Bonchev–Trinajstić information content (AvgIpc) is 3.11. The van der Waals surface area contributed by atoms with Gasteiger partial charge in [0, 0.05) is 13.1 Å². The summed E-state index contributed by atoms with van der Waals surface area (Å²) in [7, 11) is 0. The van der Waals surface area contributed by atoms with E-state index >= 15 is 0 Å². The van der Waals surface area contributed by atoms with Crippen LogP contribution >= 0.6 is 23.7 Å². The summed E-state index contributed by atoms with van der Waals surface area (Å²) in [5.41, 5.74) is 3.27. The number of rotatable bonds is 4. The molecule has 2 atom stereocenters. The fourth-order valence-electron chi connectivity index (χ4n) is 2.80. The molecule has 2 heterocycles. The Morgan fingerprint density at radius 2 is 2.08 bits per heavy atom. The highest BCUT2D eigenvalue weighted by Crippen LogP contribution is 2.29. The van der Waals surface area contributed by atoms with E-state index in [0.717, 1.165) is 21.8 Å². The van der Waals surface area contributed by atoms with Crippen LogP contribution < -0.4 is 10.6 Å². The number of aryl methyl sites for hydroxylation is 2. The third kappa shape index (κ3) is 4.33. The zero-order valence-corrected chi connectivity index (χ0v) is 15.3. The molecule has 0 bridgehead atoms. The summed E-state index contributed by atoms with van der Waals surface area (Å²) >= 11 is 1.70. The fraction of sp³-hybridized carbons (Fsp3) is 0.412. The van der Waals surface area contributed by atoms with E-state index in [-0.39, 0.29) is 24.4 Å². The van der Waals surface area contributed by atoms with Crippen molar-refractivity contribution in [1.29, 1.82) is 0 Å². The molecule has 5 nitrogen and oxygen atoms in total. The van der Waals surface area contributed by atoms with Gasteiger partial charge in [0.15, 0.2) is 0 Å². The first kappa shape index (κ1) is 18.9. The van der Waals surface area contributed by atoms with Crippen LogP contribution in [0.5, 0.6) is 0 Å². The molecule has 7 heteroatoms. The second-order valence-electron chi connectivity index (χ2n) is 5.91. The Bertz CT molecular complexity index is 702.